The predicted octanol–water partition coefficient (Wildman–Crippen LogP) is 3.60. The van der Waals surface area contributed by atoms with Crippen molar-refractivity contribution in [3.05, 3.63) is 52.2 Å². The predicted molar refractivity (Wildman–Crippen MR) is 109 cm³/mol. The van der Waals surface area contributed by atoms with Crippen molar-refractivity contribution in [2.75, 3.05) is 14.2 Å². The molecule has 0 atom stereocenters. The quantitative estimate of drug-likeness (QED) is 0.632. The number of hydrogen-bond acceptors (Lipinski definition) is 4. The highest BCUT2D eigenvalue weighted by molar-refractivity contribution is 6.32. The lowest BCUT2D eigenvalue weighted by molar-refractivity contribution is -0.117. The molecule has 3 aromatic rings. The van der Waals surface area contributed by atoms with Gasteiger partial charge in [-0.15, -0.1) is 0 Å². The fourth-order valence-corrected chi connectivity index (χ4v) is 3.68. The van der Waals surface area contributed by atoms with Crippen molar-refractivity contribution in [1.82, 2.24) is 4.57 Å². The van der Waals surface area contributed by atoms with Crippen LogP contribution in [0.25, 0.3) is 10.9 Å². The summed E-state index contributed by atoms with van der Waals surface area (Å²) in [6, 6.07) is 9.13. The molecule has 6 nitrogen and oxygen atoms in total. The van der Waals surface area contributed by atoms with Gasteiger partial charge in [0.25, 0.3) is 0 Å². The van der Waals surface area contributed by atoms with Crippen LogP contribution in [-0.4, -0.2) is 29.8 Å². The second kappa shape index (κ2) is 8.02. The third kappa shape index (κ3) is 3.73. The molecule has 3 N–H and O–H groups in total. The molecule has 3 rings (SSSR count). The van der Waals surface area contributed by atoms with Gasteiger partial charge in [-0.1, -0.05) is 17.7 Å². The Morgan fingerprint density at radius 1 is 1.18 bits per heavy atom. The number of carbonyl (C=O) groups is 1. The average molecular weight is 403 g/mol. The maximum absolute atomic E-state index is 11.5. The van der Waals surface area contributed by atoms with E-state index in [1.54, 1.807) is 26.4 Å². The Labute approximate surface area is 168 Å². The molecule has 0 radical (unpaired) electrons. The van der Waals surface area contributed by atoms with E-state index in [4.69, 9.17) is 26.8 Å². The number of aromatic nitrogens is 1. The molecule has 1 aromatic heterocycles. The summed E-state index contributed by atoms with van der Waals surface area (Å²) >= 11 is 6.13. The molecule has 148 valence electrons. The summed E-state index contributed by atoms with van der Waals surface area (Å²) in [5.74, 6) is 0.921. The molecule has 2 aromatic carbocycles. The maximum Gasteiger partial charge on any atom is 0.221 e. The van der Waals surface area contributed by atoms with E-state index in [0.29, 0.717) is 18.0 Å². The Balaban J connectivity index is 2.00. The molecule has 0 aliphatic heterocycles. The molecule has 0 spiro atoms. The number of amides is 1. The Bertz CT molecular complexity index is 1040. The first-order valence-corrected chi connectivity index (χ1v) is 9.22. The number of aryl methyl sites for hydroxylation is 2. The van der Waals surface area contributed by atoms with Crippen molar-refractivity contribution in [3.63, 3.8) is 0 Å². The standard InChI is InChI=1S/C21H23ClN2O4/c1-12-14(10-21(23)26)15-9-18(25)16(22)11-17(15)24(12)7-6-13-4-5-19(27-2)20(8-13)28-3/h4-5,8-9,11,25H,6-7,10H2,1-3H3,(H2,23,26). The number of benzene rings is 2. The van der Waals surface area contributed by atoms with Crippen LogP contribution in [0.3, 0.4) is 0 Å². The van der Waals surface area contributed by atoms with Gasteiger partial charge < -0.3 is 24.9 Å². The molecule has 0 fully saturated rings. The van der Waals surface area contributed by atoms with Crippen LogP contribution in [0.2, 0.25) is 5.02 Å². The zero-order valence-corrected chi connectivity index (χ0v) is 16.8. The van der Waals surface area contributed by atoms with Gasteiger partial charge in [-0.2, -0.15) is 0 Å². The zero-order valence-electron chi connectivity index (χ0n) is 16.1. The second-order valence-corrected chi connectivity index (χ2v) is 7.03. The van der Waals surface area contributed by atoms with E-state index < -0.39 is 5.91 Å². The van der Waals surface area contributed by atoms with Crippen molar-refractivity contribution >= 4 is 28.4 Å². The highest BCUT2D eigenvalue weighted by Crippen LogP contribution is 2.35. The maximum atomic E-state index is 11.5. The van der Waals surface area contributed by atoms with E-state index >= 15 is 0 Å². The van der Waals surface area contributed by atoms with Crippen molar-refractivity contribution in [3.8, 4) is 17.2 Å². The lowest BCUT2D eigenvalue weighted by Gasteiger charge is -2.12. The van der Waals surface area contributed by atoms with Crippen LogP contribution in [0, 0.1) is 6.92 Å². The Kier molecular flexibility index (Phi) is 5.70. The SMILES string of the molecule is COc1ccc(CCn2c(C)c(CC(N)=O)c3cc(O)c(Cl)cc32)cc1OC. The number of phenolic OH excluding ortho intramolecular Hbond substituents is 1. The highest BCUT2D eigenvalue weighted by atomic mass is 35.5. The molecule has 28 heavy (non-hydrogen) atoms. The summed E-state index contributed by atoms with van der Waals surface area (Å²) in [5, 5.41) is 11.1. The van der Waals surface area contributed by atoms with Crippen molar-refractivity contribution in [2.24, 2.45) is 5.73 Å². The minimum atomic E-state index is -0.420. The summed E-state index contributed by atoms with van der Waals surface area (Å²) in [7, 11) is 3.21. The number of ether oxygens (including phenoxy) is 2. The fraction of sp³-hybridized carbons (Fsp3) is 0.286. The summed E-state index contributed by atoms with van der Waals surface area (Å²) in [5.41, 5.74) is 9.10. The van der Waals surface area contributed by atoms with Crippen molar-refractivity contribution < 1.29 is 19.4 Å². The van der Waals surface area contributed by atoms with Crippen LogP contribution in [0.1, 0.15) is 16.8 Å². The molecule has 0 aliphatic carbocycles. The number of hydrogen-bond donors (Lipinski definition) is 2. The molecule has 7 heteroatoms. The van der Waals surface area contributed by atoms with Crippen LogP contribution in [-0.2, 0) is 24.2 Å². The van der Waals surface area contributed by atoms with E-state index in [2.05, 4.69) is 4.57 Å². The number of nitrogens with two attached hydrogens (primary N) is 1. The van der Waals surface area contributed by atoms with E-state index in [0.717, 1.165) is 34.1 Å². The van der Waals surface area contributed by atoms with Gasteiger partial charge in [0, 0.05) is 17.6 Å². The molecule has 0 unspecified atom stereocenters. The largest absolute Gasteiger partial charge is 0.506 e. The van der Waals surface area contributed by atoms with Gasteiger partial charge in [0.15, 0.2) is 11.5 Å². The van der Waals surface area contributed by atoms with E-state index in [9.17, 15) is 9.90 Å². The van der Waals surface area contributed by atoms with E-state index in [-0.39, 0.29) is 17.2 Å². The van der Waals surface area contributed by atoms with Gasteiger partial charge in [0.05, 0.1) is 31.2 Å². The summed E-state index contributed by atoms with van der Waals surface area (Å²) in [6.07, 6.45) is 0.840. The smallest absolute Gasteiger partial charge is 0.221 e. The molecule has 0 saturated heterocycles. The first kappa shape index (κ1) is 19.9. The van der Waals surface area contributed by atoms with Gasteiger partial charge in [-0.3, -0.25) is 4.79 Å². The topological polar surface area (TPSA) is 86.7 Å². The number of rotatable bonds is 7. The van der Waals surface area contributed by atoms with Crippen LogP contribution >= 0.6 is 11.6 Å². The molecule has 1 heterocycles. The molecule has 0 aliphatic rings. The van der Waals surface area contributed by atoms with Gasteiger partial charge >= 0.3 is 0 Å². The molecule has 0 bridgehead atoms. The Morgan fingerprint density at radius 3 is 2.54 bits per heavy atom. The minimum Gasteiger partial charge on any atom is -0.506 e. The van der Waals surface area contributed by atoms with Crippen molar-refractivity contribution in [2.45, 2.75) is 26.3 Å². The van der Waals surface area contributed by atoms with Gasteiger partial charge in [-0.05, 0) is 48.7 Å². The molecular formula is C21H23ClN2O4. The highest BCUT2D eigenvalue weighted by Gasteiger charge is 2.18. The van der Waals surface area contributed by atoms with Crippen LogP contribution in [0.4, 0.5) is 0 Å². The lowest BCUT2D eigenvalue weighted by Crippen LogP contribution is -2.14. The first-order valence-electron chi connectivity index (χ1n) is 8.85. The van der Waals surface area contributed by atoms with Crippen LogP contribution in [0.15, 0.2) is 30.3 Å². The monoisotopic (exact) mass is 402 g/mol. The lowest BCUT2D eigenvalue weighted by atomic mass is 10.1. The van der Waals surface area contributed by atoms with Crippen molar-refractivity contribution in [1.29, 1.82) is 0 Å². The number of nitrogens with zero attached hydrogens (tertiary/aromatic N) is 1. The number of halogens is 1. The molecule has 0 saturated carbocycles. The third-order valence-corrected chi connectivity index (χ3v) is 5.25. The number of methoxy groups -OCH3 is 2. The summed E-state index contributed by atoms with van der Waals surface area (Å²) < 4.78 is 12.7. The Morgan fingerprint density at radius 2 is 1.89 bits per heavy atom. The first-order chi connectivity index (χ1) is 13.3. The third-order valence-electron chi connectivity index (χ3n) is 4.95. The summed E-state index contributed by atoms with van der Waals surface area (Å²) in [4.78, 5) is 11.5. The number of phenols is 1. The fourth-order valence-electron chi connectivity index (χ4n) is 3.52. The number of primary amides is 1. The number of aromatic hydroxyl groups is 1. The zero-order chi connectivity index (χ0) is 20.4. The number of carbonyl (C=O) groups excluding carboxylic acids is 1. The molecule has 1 amide bonds. The van der Waals surface area contributed by atoms with Gasteiger partial charge in [0.1, 0.15) is 5.75 Å². The average Bonchev–Trinajstić information content (AvgIpc) is 2.90. The molecular weight excluding hydrogens is 380 g/mol. The Hall–Kier alpha value is -2.86. The van der Waals surface area contributed by atoms with Gasteiger partial charge in [0.2, 0.25) is 5.91 Å². The van der Waals surface area contributed by atoms with E-state index in [1.807, 2.05) is 25.1 Å². The normalized spacial score (nSPS) is 11.0. The summed E-state index contributed by atoms with van der Waals surface area (Å²) in [6.45, 7) is 2.61. The van der Waals surface area contributed by atoms with E-state index in [1.165, 1.54) is 0 Å². The van der Waals surface area contributed by atoms with Crippen LogP contribution in [0.5, 0.6) is 17.2 Å². The minimum absolute atomic E-state index is 0.0167. The van der Waals surface area contributed by atoms with Crippen LogP contribution < -0.4 is 15.2 Å². The number of fused-ring (bicyclic) bond motifs is 1. The van der Waals surface area contributed by atoms with Gasteiger partial charge in [-0.25, -0.2) is 0 Å². The second-order valence-electron chi connectivity index (χ2n) is 6.62.